The summed E-state index contributed by atoms with van der Waals surface area (Å²) in [6, 6.07) is 0. The highest BCUT2D eigenvalue weighted by Crippen LogP contribution is 2.69. The Morgan fingerprint density at radius 2 is 0.745 bits per heavy atom. The number of fused-ring (bicyclic) bond motifs is 8. The number of hydrogen-bond donors (Lipinski definition) is 0. The molecule has 0 aromatic rings. The molecule has 1 heterocycles. The van der Waals surface area contributed by atoms with Crippen molar-refractivity contribution >= 4 is 0 Å². The van der Waals surface area contributed by atoms with Gasteiger partial charge in [0.05, 0.1) is 12.2 Å². The Morgan fingerprint density at radius 1 is 0.404 bits per heavy atom. The van der Waals surface area contributed by atoms with Crippen LogP contribution in [0.2, 0.25) is 0 Å². The Labute approximate surface area is 292 Å². The summed E-state index contributed by atoms with van der Waals surface area (Å²) in [6.07, 6.45) is 56.3. The summed E-state index contributed by atoms with van der Waals surface area (Å²) < 4.78 is 14.0. The van der Waals surface area contributed by atoms with Crippen molar-refractivity contribution in [1.29, 1.82) is 0 Å². The van der Waals surface area contributed by atoms with Crippen molar-refractivity contribution in [2.24, 2.45) is 23.7 Å². The fourth-order valence-electron chi connectivity index (χ4n) is 9.09. The van der Waals surface area contributed by atoms with E-state index in [2.05, 4.69) is 62.5 Å². The van der Waals surface area contributed by atoms with E-state index in [1.54, 1.807) is 0 Å². The highest BCUT2D eigenvalue weighted by Gasteiger charge is 2.70. The van der Waals surface area contributed by atoms with Gasteiger partial charge in [0.1, 0.15) is 0 Å². The quantitative estimate of drug-likeness (QED) is 0.0570. The zero-order chi connectivity index (χ0) is 32.8. The fourth-order valence-corrected chi connectivity index (χ4v) is 9.09. The second-order valence-corrected chi connectivity index (χ2v) is 15.9. The average Bonchev–Trinajstić information content (AvgIpc) is 3.51. The average molecular weight is 649 g/mol. The molecule has 2 bridgehead atoms. The predicted molar refractivity (Wildman–Crippen MR) is 204 cm³/mol. The van der Waals surface area contributed by atoms with E-state index in [9.17, 15) is 0 Å². The third-order valence-corrected chi connectivity index (χ3v) is 11.9. The molecule has 0 amide bonds. The molecule has 0 spiro atoms. The third-order valence-electron chi connectivity index (χ3n) is 11.9. The molecule has 268 valence electrons. The van der Waals surface area contributed by atoms with Gasteiger partial charge in [0.15, 0.2) is 5.79 Å². The van der Waals surface area contributed by atoms with E-state index in [1.165, 1.54) is 154 Å². The summed E-state index contributed by atoms with van der Waals surface area (Å²) in [6.45, 7) is 4.55. The van der Waals surface area contributed by atoms with Crippen molar-refractivity contribution in [3.05, 3.63) is 48.6 Å². The first-order chi connectivity index (χ1) is 23.3. The van der Waals surface area contributed by atoms with Gasteiger partial charge in [-0.3, -0.25) is 0 Å². The Balaban J connectivity index is 1.02. The van der Waals surface area contributed by atoms with E-state index in [1.807, 2.05) is 0 Å². The number of allylic oxidation sites excluding steroid dienone is 8. The van der Waals surface area contributed by atoms with Crippen molar-refractivity contribution in [2.75, 3.05) is 0 Å². The Kier molecular flexibility index (Phi) is 19.2. The molecule has 0 radical (unpaired) electrons. The molecule has 0 aromatic carbocycles. The highest BCUT2D eigenvalue weighted by atomic mass is 16.8. The van der Waals surface area contributed by atoms with E-state index in [0.717, 1.165) is 49.4 Å². The van der Waals surface area contributed by atoms with Crippen molar-refractivity contribution in [1.82, 2.24) is 0 Å². The van der Waals surface area contributed by atoms with E-state index >= 15 is 0 Å². The topological polar surface area (TPSA) is 18.5 Å². The number of rotatable bonds is 30. The molecule has 2 heteroatoms. The van der Waals surface area contributed by atoms with E-state index in [0.29, 0.717) is 12.2 Å². The summed E-state index contributed by atoms with van der Waals surface area (Å²) in [7, 11) is 0. The van der Waals surface area contributed by atoms with Gasteiger partial charge in [-0.2, -0.15) is 0 Å². The van der Waals surface area contributed by atoms with Gasteiger partial charge in [-0.05, 0) is 114 Å². The van der Waals surface area contributed by atoms with Gasteiger partial charge in [-0.25, -0.2) is 0 Å². The van der Waals surface area contributed by atoms with Crippen LogP contribution in [0.4, 0.5) is 0 Å². The maximum atomic E-state index is 7.01. The van der Waals surface area contributed by atoms with Crippen molar-refractivity contribution in [3.8, 4) is 0 Å². The lowest BCUT2D eigenvalue weighted by Gasteiger charge is -2.30. The predicted octanol–water partition coefficient (Wildman–Crippen LogP) is 14.2. The molecule has 4 fully saturated rings. The van der Waals surface area contributed by atoms with Crippen LogP contribution in [0, 0.1) is 23.7 Å². The molecular formula is C45H76O2. The molecule has 6 atom stereocenters. The van der Waals surface area contributed by atoms with Crippen LogP contribution in [0.3, 0.4) is 0 Å². The maximum Gasteiger partial charge on any atom is 0.169 e. The highest BCUT2D eigenvalue weighted by molar-refractivity contribution is 5.17. The molecule has 0 N–H and O–H groups in total. The summed E-state index contributed by atoms with van der Waals surface area (Å²) in [5.41, 5.74) is 0. The Hall–Kier alpha value is -1.12. The monoisotopic (exact) mass is 649 g/mol. The molecule has 4 aliphatic rings. The number of ether oxygens (including phenoxy) is 2. The number of unbranched alkanes of at least 4 members (excludes halogenated alkanes) is 18. The van der Waals surface area contributed by atoms with Crippen molar-refractivity contribution in [2.45, 2.75) is 212 Å². The molecule has 3 saturated carbocycles. The lowest BCUT2D eigenvalue weighted by Crippen LogP contribution is -2.33. The van der Waals surface area contributed by atoms with Gasteiger partial charge in [0, 0.05) is 12.8 Å². The summed E-state index contributed by atoms with van der Waals surface area (Å²) in [5, 5.41) is 0. The van der Waals surface area contributed by atoms with Gasteiger partial charge >= 0.3 is 0 Å². The van der Waals surface area contributed by atoms with Gasteiger partial charge in [-0.1, -0.05) is 140 Å². The number of hydrogen-bond acceptors (Lipinski definition) is 2. The molecule has 3 unspecified atom stereocenters. The Morgan fingerprint density at radius 3 is 1.15 bits per heavy atom. The zero-order valence-electron chi connectivity index (χ0n) is 31.2. The van der Waals surface area contributed by atoms with Crippen molar-refractivity contribution in [3.63, 3.8) is 0 Å². The normalized spacial score (nSPS) is 27.4. The van der Waals surface area contributed by atoms with Crippen LogP contribution in [0.25, 0.3) is 0 Å². The largest absolute Gasteiger partial charge is 0.344 e. The molecule has 1 saturated heterocycles. The molecule has 0 aromatic heterocycles. The molecule has 3 aliphatic carbocycles. The van der Waals surface area contributed by atoms with Crippen LogP contribution in [0.5, 0.6) is 0 Å². The van der Waals surface area contributed by atoms with Crippen LogP contribution < -0.4 is 0 Å². The van der Waals surface area contributed by atoms with Crippen LogP contribution in [0.15, 0.2) is 48.6 Å². The van der Waals surface area contributed by atoms with Crippen LogP contribution in [-0.2, 0) is 9.47 Å². The van der Waals surface area contributed by atoms with E-state index in [-0.39, 0.29) is 5.79 Å². The first kappa shape index (κ1) is 38.7. The van der Waals surface area contributed by atoms with Crippen LogP contribution in [-0.4, -0.2) is 18.0 Å². The molecule has 2 nitrogen and oxygen atoms in total. The summed E-state index contributed by atoms with van der Waals surface area (Å²) in [5.74, 6) is 3.37. The minimum atomic E-state index is -0.256. The lowest BCUT2D eigenvalue weighted by molar-refractivity contribution is -0.197. The summed E-state index contributed by atoms with van der Waals surface area (Å²) >= 11 is 0. The standard InChI is InChI=1S/C45H76O2/c1-3-5-7-9-11-13-15-17-19-21-23-25-27-29-31-33-35-45(46-43-41-38-42(44(43)47-45)40-37-39(40)41)36-34-32-30-28-26-24-22-20-18-16-14-12-10-8-6-4-2/h11-14,17-20,39-44H,3-10,15-16,21-38H2,1-2H3/b13-11-,14-12-,19-17-,20-18-/t39-,40?,41?,42?,43-,44+/m1/s1. The van der Waals surface area contributed by atoms with E-state index < -0.39 is 0 Å². The second kappa shape index (κ2) is 23.3. The lowest BCUT2D eigenvalue weighted by atomic mass is 9.95. The van der Waals surface area contributed by atoms with Crippen molar-refractivity contribution < 1.29 is 9.47 Å². The Bertz CT molecular complexity index is 841. The minimum absolute atomic E-state index is 0.256. The smallest absolute Gasteiger partial charge is 0.169 e. The van der Waals surface area contributed by atoms with Crippen LogP contribution >= 0.6 is 0 Å². The van der Waals surface area contributed by atoms with Gasteiger partial charge in [0.25, 0.3) is 0 Å². The maximum absolute atomic E-state index is 7.01. The summed E-state index contributed by atoms with van der Waals surface area (Å²) in [4.78, 5) is 0. The molecule has 1 aliphatic heterocycles. The molecular weight excluding hydrogens is 572 g/mol. The van der Waals surface area contributed by atoms with Gasteiger partial charge in [-0.15, -0.1) is 0 Å². The SMILES string of the molecule is CCCCC/C=C\C/C=C\CCCCCCCCC1(CCCCCCCC/C=C\C/C=C\CCCCC)O[C@@H]2C3CC(C4C[C@H]43)[C@@H]2O1. The van der Waals surface area contributed by atoms with Gasteiger partial charge < -0.3 is 9.47 Å². The molecule has 4 rings (SSSR count). The van der Waals surface area contributed by atoms with E-state index in [4.69, 9.17) is 9.47 Å². The van der Waals surface area contributed by atoms with Gasteiger partial charge in [0.2, 0.25) is 0 Å². The van der Waals surface area contributed by atoms with Crippen LogP contribution in [0.1, 0.15) is 194 Å². The molecule has 47 heavy (non-hydrogen) atoms. The first-order valence-corrected chi connectivity index (χ1v) is 21.2. The first-order valence-electron chi connectivity index (χ1n) is 21.2. The zero-order valence-corrected chi connectivity index (χ0v) is 31.2. The third kappa shape index (κ3) is 14.0. The second-order valence-electron chi connectivity index (χ2n) is 15.9. The fraction of sp³-hybridized carbons (Fsp3) is 0.822. The minimum Gasteiger partial charge on any atom is -0.344 e.